The first-order valence-corrected chi connectivity index (χ1v) is 11.0. The first-order chi connectivity index (χ1) is 12.2. The molecule has 0 aromatic heterocycles. The van der Waals surface area contributed by atoms with Gasteiger partial charge in [-0.15, -0.1) is 0 Å². The number of anilines is 2. The zero-order valence-electron chi connectivity index (χ0n) is 14.6. The maximum Gasteiger partial charge on any atom is 0.181 e. The standard InChI is InChI=1S/C19H20N2OS.CH3Br/c1-13(21-11-4-5-12-21)19(22)14-7-6-10-17-18(14)20-15-8-2-3-9-16(15)23-17;1-2/h2-3,6-10,13,20H,4-5,11-12H2,1H3;1H3. The molecule has 1 fully saturated rings. The molecular formula is C20H23BrN2OS. The Balaban J connectivity index is 0.000000880. The first kappa shape index (κ1) is 18.5. The number of ketones is 1. The summed E-state index contributed by atoms with van der Waals surface area (Å²) >= 11 is 4.67. The fourth-order valence-corrected chi connectivity index (χ4v) is 4.40. The van der Waals surface area contributed by atoms with Crippen molar-refractivity contribution in [3.8, 4) is 0 Å². The zero-order valence-corrected chi connectivity index (χ0v) is 17.0. The van der Waals surface area contributed by atoms with Crippen LogP contribution in [0.1, 0.15) is 30.1 Å². The fraction of sp³-hybridized carbons (Fsp3) is 0.350. The number of nitrogens with zero attached hydrogens (tertiary/aromatic N) is 1. The number of nitrogens with one attached hydrogen (secondary N) is 1. The van der Waals surface area contributed by atoms with E-state index < -0.39 is 0 Å². The van der Waals surface area contributed by atoms with Gasteiger partial charge in [-0.1, -0.05) is 45.9 Å². The molecular weight excluding hydrogens is 396 g/mol. The first-order valence-electron chi connectivity index (χ1n) is 8.57. The maximum absolute atomic E-state index is 13.0. The molecule has 2 aromatic rings. The van der Waals surface area contributed by atoms with E-state index in [1.54, 1.807) is 11.8 Å². The Morgan fingerprint density at radius 3 is 2.52 bits per heavy atom. The number of carbonyl (C=O) groups excluding carboxylic acids is 1. The number of hydrogen-bond donors (Lipinski definition) is 1. The quantitative estimate of drug-likeness (QED) is 0.444. The second-order valence-electron chi connectivity index (χ2n) is 6.19. The van der Waals surface area contributed by atoms with Gasteiger partial charge in [-0.2, -0.15) is 0 Å². The Hall–Kier alpha value is -1.30. The normalized spacial score (nSPS) is 16.8. The second kappa shape index (κ2) is 8.39. The molecule has 0 bridgehead atoms. The zero-order chi connectivity index (χ0) is 17.8. The van der Waals surface area contributed by atoms with Crippen molar-refractivity contribution in [2.75, 3.05) is 24.2 Å². The minimum Gasteiger partial charge on any atom is -0.353 e. The third kappa shape index (κ3) is 3.78. The molecule has 0 saturated carbocycles. The van der Waals surface area contributed by atoms with E-state index in [1.165, 1.54) is 17.7 Å². The minimum atomic E-state index is -0.0482. The van der Waals surface area contributed by atoms with Crippen LogP contribution in [0.3, 0.4) is 0 Å². The van der Waals surface area contributed by atoms with Gasteiger partial charge >= 0.3 is 0 Å². The highest BCUT2D eigenvalue weighted by Gasteiger charge is 2.28. The van der Waals surface area contributed by atoms with Gasteiger partial charge in [0.2, 0.25) is 0 Å². The highest BCUT2D eigenvalue weighted by molar-refractivity contribution is 9.08. The molecule has 2 aliphatic rings. The average Bonchev–Trinajstić information content (AvgIpc) is 3.21. The maximum atomic E-state index is 13.0. The van der Waals surface area contributed by atoms with Crippen LogP contribution in [-0.2, 0) is 0 Å². The van der Waals surface area contributed by atoms with Crippen molar-refractivity contribution in [1.82, 2.24) is 4.90 Å². The number of halogens is 1. The van der Waals surface area contributed by atoms with Crippen molar-refractivity contribution in [3.05, 3.63) is 48.0 Å². The molecule has 4 rings (SSSR count). The van der Waals surface area contributed by atoms with Gasteiger partial charge in [0.25, 0.3) is 0 Å². The summed E-state index contributed by atoms with van der Waals surface area (Å²) in [6, 6.07) is 14.2. The number of carbonyl (C=O) groups is 1. The number of alkyl halides is 1. The summed E-state index contributed by atoms with van der Waals surface area (Å²) < 4.78 is 0. The van der Waals surface area contributed by atoms with Crippen molar-refractivity contribution in [2.24, 2.45) is 0 Å². The number of fused-ring (bicyclic) bond motifs is 2. The molecule has 2 heterocycles. The lowest BCUT2D eigenvalue weighted by atomic mass is 10.0. The molecule has 2 aromatic carbocycles. The van der Waals surface area contributed by atoms with Crippen LogP contribution in [-0.4, -0.2) is 35.6 Å². The van der Waals surface area contributed by atoms with E-state index in [1.807, 2.05) is 37.0 Å². The van der Waals surface area contributed by atoms with Crippen molar-refractivity contribution in [1.29, 1.82) is 0 Å². The van der Waals surface area contributed by atoms with Crippen molar-refractivity contribution < 1.29 is 4.79 Å². The lowest BCUT2D eigenvalue weighted by Crippen LogP contribution is -2.37. The summed E-state index contributed by atoms with van der Waals surface area (Å²) in [5.74, 6) is 2.03. The predicted octanol–water partition coefficient (Wildman–Crippen LogP) is 5.57. The summed E-state index contributed by atoms with van der Waals surface area (Å²) in [5, 5.41) is 3.48. The Labute approximate surface area is 162 Å². The van der Waals surface area contributed by atoms with Gasteiger partial charge in [-0.3, -0.25) is 9.69 Å². The molecule has 1 saturated heterocycles. The lowest BCUT2D eigenvalue weighted by molar-refractivity contribution is 0.0867. The summed E-state index contributed by atoms with van der Waals surface area (Å²) in [6.07, 6.45) is 2.40. The molecule has 0 radical (unpaired) electrons. The van der Waals surface area contributed by atoms with Crippen LogP contribution in [0.25, 0.3) is 0 Å². The fourth-order valence-electron chi connectivity index (χ4n) is 3.38. The van der Waals surface area contributed by atoms with Crippen LogP contribution in [0, 0.1) is 0 Å². The number of rotatable bonds is 3. The lowest BCUT2D eigenvalue weighted by Gasteiger charge is -2.26. The highest BCUT2D eigenvalue weighted by Crippen LogP contribution is 2.45. The van der Waals surface area contributed by atoms with Crippen LogP contribution < -0.4 is 5.32 Å². The van der Waals surface area contributed by atoms with E-state index in [0.29, 0.717) is 0 Å². The van der Waals surface area contributed by atoms with E-state index >= 15 is 0 Å². The SMILES string of the molecule is CBr.CC(C(=O)c1cccc2c1Nc1ccccc1S2)N1CCCC1. The van der Waals surface area contributed by atoms with E-state index in [9.17, 15) is 4.79 Å². The Kier molecular flexibility index (Phi) is 6.20. The largest absolute Gasteiger partial charge is 0.353 e. The molecule has 1 atom stereocenters. The van der Waals surface area contributed by atoms with E-state index in [4.69, 9.17) is 0 Å². The summed E-state index contributed by atoms with van der Waals surface area (Å²) in [6.45, 7) is 4.11. The topological polar surface area (TPSA) is 32.3 Å². The molecule has 132 valence electrons. The molecule has 5 heteroatoms. The van der Waals surface area contributed by atoms with Gasteiger partial charge in [0.1, 0.15) is 0 Å². The monoisotopic (exact) mass is 418 g/mol. The number of hydrogen-bond acceptors (Lipinski definition) is 4. The van der Waals surface area contributed by atoms with Crippen LogP contribution in [0.5, 0.6) is 0 Å². The van der Waals surface area contributed by atoms with Gasteiger partial charge in [-0.05, 0) is 63.0 Å². The highest BCUT2D eigenvalue weighted by atomic mass is 79.9. The number of likely N-dealkylation sites (tertiary alicyclic amines) is 1. The van der Waals surface area contributed by atoms with Crippen molar-refractivity contribution in [2.45, 2.75) is 35.6 Å². The molecule has 25 heavy (non-hydrogen) atoms. The van der Waals surface area contributed by atoms with Gasteiger partial charge in [-0.25, -0.2) is 0 Å². The average molecular weight is 419 g/mol. The summed E-state index contributed by atoms with van der Waals surface area (Å²) in [5.41, 5.74) is 2.86. The van der Waals surface area contributed by atoms with E-state index in [0.717, 1.165) is 34.9 Å². The summed E-state index contributed by atoms with van der Waals surface area (Å²) in [7, 11) is 0. The van der Waals surface area contributed by atoms with Crippen LogP contribution in [0.15, 0.2) is 52.3 Å². The third-order valence-electron chi connectivity index (χ3n) is 4.73. The summed E-state index contributed by atoms with van der Waals surface area (Å²) in [4.78, 5) is 17.7. The van der Waals surface area contributed by atoms with Crippen molar-refractivity contribution >= 4 is 44.8 Å². The van der Waals surface area contributed by atoms with Gasteiger partial charge in [0.05, 0.1) is 17.4 Å². The Morgan fingerprint density at radius 2 is 1.76 bits per heavy atom. The number of Topliss-reactive ketones (excluding diaryl/α,β-unsaturated/α-hetero) is 1. The van der Waals surface area contributed by atoms with Gasteiger partial charge in [0.15, 0.2) is 5.78 Å². The number of para-hydroxylation sites is 2. The molecule has 1 unspecified atom stereocenters. The smallest absolute Gasteiger partial charge is 0.181 e. The Bertz CT molecular complexity index is 759. The third-order valence-corrected chi connectivity index (χ3v) is 5.86. The molecule has 0 spiro atoms. The number of benzene rings is 2. The molecule has 0 aliphatic carbocycles. The second-order valence-corrected chi connectivity index (χ2v) is 7.27. The molecule has 2 aliphatic heterocycles. The molecule has 0 amide bonds. The van der Waals surface area contributed by atoms with E-state index in [2.05, 4.69) is 44.3 Å². The van der Waals surface area contributed by atoms with Gasteiger partial charge < -0.3 is 5.32 Å². The van der Waals surface area contributed by atoms with Crippen LogP contribution in [0.2, 0.25) is 0 Å². The van der Waals surface area contributed by atoms with Crippen LogP contribution in [0.4, 0.5) is 11.4 Å². The van der Waals surface area contributed by atoms with E-state index in [-0.39, 0.29) is 11.8 Å². The van der Waals surface area contributed by atoms with Gasteiger partial charge in [0, 0.05) is 15.4 Å². The predicted molar refractivity (Wildman–Crippen MR) is 110 cm³/mol. The Morgan fingerprint density at radius 1 is 1.08 bits per heavy atom. The minimum absolute atomic E-state index is 0.0482. The molecule has 3 nitrogen and oxygen atoms in total. The van der Waals surface area contributed by atoms with Crippen LogP contribution >= 0.6 is 27.7 Å². The van der Waals surface area contributed by atoms with Crippen molar-refractivity contribution in [3.63, 3.8) is 0 Å². The molecule has 1 N–H and O–H groups in total.